The second kappa shape index (κ2) is 10.7. The van der Waals surface area contributed by atoms with Crippen LogP contribution < -0.4 is 0 Å². The van der Waals surface area contributed by atoms with E-state index >= 15 is 0 Å². The molecule has 0 radical (unpaired) electrons. The van der Waals surface area contributed by atoms with E-state index in [-0.39, 0.29) is 11.5 Å². The summed E-state index contributed by atoms with van der Waals surface area (Å²) in [6.45, 7) is 7.29. The average Bonchev–Trinajstić information content (AvgIpc) is 2.58. The second-order valence-corrected chi connectivity index (χ2v) is 7.03. The summed E-state index contributed by atoms with van der Waals surface area (Å²) in [5.41, 5.74) is -0.177. The molecule has 0 saturated carbocycles. The van der Waals surface area contributed by atoms with E-state index in [1.807, 2.05) is 0 Å². The molecule has 4 nitrogen and oxygen atoms in total. The zero-order chi connectivity index (χ0) is 17.2. The van der Waals surface area contributed by atoms with Gasteiger partial charge in [0.05, 0.1) is 6.61 Å². The standard InChI is InChI=1S/C19H38O4/c1-6-9-12-18(13-10-7-2)15-17(16-20-4)19(21-5,23-22-18)14-11-8-3/h17H,6-16H2,1-5H3/t17-,19+/m1/s1. The second-order valence-electron chi connectivity index (χ2n) is 7.03. The molecule has 1 fully saturated rings. The molecule has 1 saturated heterocycles. The molecule has 23 heavy (non-hydrogen) atoms. The Kier molecular flexibility index (Phi) is 9.67. The molecule has 2 atom stereocenters. The minimum absolute atomic E-state index is 0.177. The molecule has 0 spiro atoms. The van der Waals surface area contributed by atoms with Gasteiger partial charge < -0.3 is 9.47 Å². The first-order valence-corrected chi connectivity index (χ1v) is 9.52. The van der Waals surface area contributed by atoms with Gasteiger partial charge in [-0.1, -0.05) is 52.9 Å². The van der Waals surface area contributed by atoms with Crippen LogP contribution in [0.1, 0.15) is 85.0 Å². The molecular weight excluding hydrogens is 292 g/mol. The van der Waals surface area contributed by atoms with Crippen LogP contribution in [0.4, 0.5) is 0 Å². The smallest absolute Gasteiger partial charge is 0.206 e. The normalized spacial score (nSPS) is 27.3. The maximum Gasteiger partial charge on any atom is 0.206 e. The van der Waals surface area contributed by atoms with Gasteiger partial charge in [0.2, 0.25) is 5.79 Å². The van der Waals surface area contributed by atoms with Crippen molar-refractivity contribution in [2.75, 3.05) is 20.8 Å². The van der Waals surface area contributed by atoms with Crippen LogP contribution in [0, 0.1) is 5.92 Å². The number of methoxy groups -OCH3 is 2. The van der Waals surface area contributed by atoms with E-state index in [0.29, 0.717) is 6.61 Å². The molecule has 1 rings (SSSR count). The van der Waals surface area contributed by atoms with Crippen LogP contribution in [-0.4, -0.2) is 32.2 Å². The Hall–Kier alpha value is -0.160. The first-order chi connectivity index (χ1) is 11.1. The van der Waals surface area contributed by atoms with E-state index < -0.39 is 5.79 Å². The first kappa shape index (κ1) is 20.9. The molecule has 1 aliphatic rings. The van der Waals surface area contributed by atoms with E-state index in [4.69, 9.17) is 19.2 Å². The highest BCUT2D eigenvalue weighted by atomic mass is 17.2. The van der Waals surface area contributed by atoms with E-state index in [2.05, 4.69) is 20.8 Å². The van der Waals surface area contributed by atoms with Crippen LogP contribution >= 0.6 is 0 Å². The first-order valence-electron chi connectivity index (χ1n) is 9.52. The Bertz CT molecular complexity index is 300. The Balaban J connectivity index is 2.90. The lowest BCUT2D eigenvalue weighted by atomic mass is 9.77. The summed E-state index contributed by atoms with van der Waals surface area (Å²) in [6.07, 6.45) is 10.8. The van der Waals surface area contributed by atoms with Crippen molar-refractivity contribution in [2.24, 2.45) is 5.92 Å². The number of ether oxygens (including phenoxy) is 2. The van der Waals surface area contributed by atoms with Gasteiger partial charge in [0.25, 0.3) is 0 Å². The van der Waals surface area contributed by atoms with Crippen LogP contribution in [0.3, 0.4) is 0 Å². The molecular formula is C19H38O4. The van der Waals surface area contributed by atoms with Crippen LogP contribution in [0.15, 0.2) is 0 Å². The van der Waals surface area contributed by atoms with Crippen molar-refractivity contribution in [3.63, 3.8) is 0 Å². The summed E-state index contributed by atoms with van der Waals surface area (Å²) in [6, 6.07) is 0. The Morgan fingerprint density at radius 1 is 0.870 bits per heavy atom. The molecule has 0 aliphatic carbocycles. The van der Waals surface area contributed by atoms with Crippen molar-refractivity contribution < 1.29 is 19.2 Å². The molecule has 0 unspecified atom stereocenters. The highest BCUT2D eigenvalue weighted by molar-refractivity contribution is 4.92. The lowest BCUT2D eigenvalue weighted by molar-refractivity contribution is -0.508. The number of hydrogen-bond acceptors (Lipinski definition) is 4. The fourth-order valence-corrected chi connectivity index (χ4v) is 3.63. The third-order valence-corrected chi connectivity index (χ3v) is 5.16. The molecule has 4 heteroatoms. The highest BCUT2D eigenvalue weighted by Crippen LogP contribution is 2.45. The molecule has 0 amide bonds. The summed E-state index contributed by atoms with van der Waals surface area (Å²) in [5, 5.41) is 0. The molecule has 1 aliphatic heterocycles. The molecule has 0 N–H and O–H groups in total. The maximum atomic E-state index is 6.07. The SMILES string of the molecule is CCCCC1(CCCC)C[C@H](COC)[C@@](CCCC)(OC)OO1. The van der Waals surface area contributed by atoms with Gasteiger partial charge in [0, 0.05) is 26.6 Å². The zero-order valence-corrected chi connectivity index (χ0v) is 16.0. The van der Waals surface area contributed by atoms with E-state index in [0.717, 1.165) is 38.5 Å². The minimum Gasteiger partial charge on any atom is -0.384 e. The molecule has 1 heterocycles. The number of rotatable bonds is 12. The topological polar surface area (TPSA) is 36.9 Å². The summed E-state index contributed by atoms with van der Waals surface area (Å²) >= 11 is 0. The van der Waals surface area contributed by atoms with E-state index in [1.54, 1.807) is 14.2 Å². The van der Waals surface area contributed by atoms with Crippen molar-refractivity contribution in [3.05, 3.63) is 0 Å². The highest BCUT2D eigenvalue weighted by Gasteiger charge is 2.51. The van der Waals surface area contributed by atoms with Crippen LogP contribution in [0.25, 0.3) is 0 Å². The van der Waals surface area contributed by atoms with Gasteiger partial charge in [-0.3, -0.25) is 0 Å². The van der Waals surface area contributed by atoms with Gasteiger partial charge in [-0.15, -0.1) is 0 Å². The van der Waals surface area contributed by atoms with Crippen molar-refractivity contribution in [1.29, 1.82) is 0 Å². The van der Waals surface area contributed by atoms with Crippen molar-refractivity contribution in [1.82, 2.24) is 0 Å². The summed E-state index contributed by atoms with van der Waals surface area (Å²) < 4.78 is 11.3. The monoisotopic (exact) mass is 330 g/mol. The summed E-state index contributed by atoms with van der Waals surface area (Å²) in [4.78, 5) is 12.1. The largest absolute Gasteiger partial charge is 0.384 e. The average molecular weight is 331 g/mol. The molecule has 0 aromatic rings. The number of hydrogen-bond donors (Lipinski definition) is 0. The van der Waals surface area contributed by atoms with Crippen molar-refractivity contribution >= 4 is 0 Å². The predicted octanol–water partition coefficient (Wildman–Crippen LogP) is 5.25. The molecule has 0 aromatic heterocycles. The summed E-state index contributed by atoms with van der Waals surface area (Å²) in [5.74, 6) is -0.444. The Morgan fingerprint density at radius 3 is 1.91 bits per heavy atom. The van der Waals surface area contributed by atoms with Gasteiger partial charge in [0.15, 0.2) is 0 Å². The van der Waals surface area contributed by atoms with E-state index in [9.17, 15) is 0 Å². The van der Waals surface area contributed by atoms with Gasteiger partial charge >= 0.3 is 0 Å². The van der Waals surface area contributed by atoms with Gasteiger partial charge in [-0.2, -0.15) is 0 Å². The third-order valence-electron chi connectivity index (χ3n) is 5.16. The fourth-order valence-electron chi connectivity index (χ4n) is 3.63. The lowest BCUT2D eigenvalue weighted by Crippen LogP contribution is -2.55. The molecule has 0 aromatic carbocycles. The van der Waals surface area contributed by atoms with Gasteiger partial charge in [0.1, 0.15) is 5.60 Å². The molecule has 138 valence electrons. The van der Waals surface area contributed by atoms with Crippen LogP contribution in [0.2, 0.25) is 0 Å². The van der Waals surface area contributed by atoms with Gasteiger partial charge in [-0.25, -0.2) is 9.78 Å². The summed E-state index contributed by atoms with van der Waals surface area (Å²) in [7, 11) is 3.49. The number of unbranched alkanes of at least 4 members (excludes halogenated alkanes) is 3. The Labute approximate surface area is 143 Å². The zero-order valence-electron chi connectivity index (χ0n) is 16.0. The molecule has 0 bridgehead atoms. The quantitative estimate of drug-likeness (QED) is 0.458. The minimum atomic E-state index is -0.659. The maximum absolute atomic E-state index is 6.07. The lowest BCUT2D eigenvalue weighted by Gasteiger charge is -2.49. The Morgan fingerprint density at radius 2 is 1.43 bits per heavy atom. The predicted molar refractivity (Wildman–Crippen MR) is 93.2 cm³/mol. The fraction of sp³-hybridized carbons (Fsp3) is 1.00. The third kappa shape index (κ3) is 5.70. The van der Waals surface area contributed by atoms with Crippen molar-refractivity contribution in [3.8, 4) is 0 Å². The van der Waals surface area contributed by atoms with Crippen LogP contribution in [0.5, 0.6) is 0 Å². The van der Waals surface area contributed by atoms with Crippen molar-refractivity contribution in [2.45, 2.75) is 96.4 Å². The van der Waals surface area contributed by atoms with Gasteiger partial charge in [-0.05, 0) is 25.7 Å². The van der Waals surface area contributed by atoms with E-state index in [1.165, 1.54) is 25.7 Å². The van der Waals surface area contributed by atoms with Crippen LogP contribution in [-0.2, 0) is 19.2 Å².